The lowest BCUT2D eigenvalue weighted by molar-refractivity contribution is -0.121. The summed E-state index contributed by atoms with van der Waals surface area (Å²) in [5.41, 5.74) is 2.65. The van der Waals surface area contributed by atoms with Crippen LogP contribution in [0, 0.1) is 11.3 Å². The van der Waals surface area contributed by atoms with Gasteiger partial charge in [-0.25, -0.2) is 0 Å². The second-order valence-corrected chi connectivity index (χ2v) is 4.93. The second kappa shape index (κ2) is 6.39. The Kier molecular flexibility index (Phi) is 4.58. The van der Waals surface area contributed by atoms with E-state index in [1.807, 2.05) is 17.7 Å². The fraction of sp³-hybridized carbons (Fsp3) is 0.571. The lowest BCUT2D eigenvalue weighted by atomic mass is 10.1. The van der Waals surface area contributed by atoms with Gasteiger partial charge in [-0.05, 0) is 37.4 Å². The van der Waals surface area contributed by atoms with Gasteiger partial charge in [0.05, 0.1) is 6.07 Å². The number of hydrogen-bond acceptors (Lipinski definition) is 3. The highest BCUT2D eigenvalue weighted by Gasteiger charge is 2.19. The number of carbonyl (C=O) groups is 1. The summed E-state index contributed by atoms with van der Waals surface area (Å²) in [6.07, 6.45) is 8.80. The molecule has 2 N–H and O–H groups in total. The average Bonchev–Trinajstić information content (AvgIpc) is 2.69. The molecular weight excluding hydrogens is 240 g/mol. The number of carbonyl (C=O) groups excluding carboxylic acids is 1. The summed E-state index contributed by atoms with van der Waals surface area (Å²) < 4.78 is 1.92. The number of nitrogens with one attached hydrogen (secondary N) is 2. The van der Waals surface area contributed by atoms with Crippen LogP contribution in [0.25, 0.3) is 0 Å². The zero-order valence-electron chi connectivity index (χ0n) is 11.3. The van der Waals surface area contributed by atoms with Gasteiger partial charge < -0.3 is 15.2 Å². The van der Waals surface area contributed by atoms with Gasteiger partial charge in [0.25, 0.3) is 0 Å². The molecule has 0 saturated carbocycles. The molecule has 0 aliphatic heterocycles. The molecule has 0 fully saturated rings. The Morgan fingerprint density at radius 2 is 2.37 bits per heavy atom. The quantitative estimate of drug-likeness (QED) is 0.629. The maximum atomic E-state index is 11.6. The van der Waals surface area contributed by atoms with E-state index in [0.29, 0.717) is 6.04 Å². The van der Waals surface area contributed by atoms with E-state index >= 15 is 0 Å². The average molecular weight is 260 g/mol. The molecule has 102 valence electrons. The van der Waals surface area contributed by atoms with Crippen LogP contribution in [-0.4, -0.2) is 24.1 Å². The number of amides is 1. The molecule has 1 unspecified atom stereocenters. The summed E-state index contributed by atoms with van der Waals surface area (Å²) in [6, 6.07) is 2.30. The van der Waals surface area contributed by atoms with Crippen LogP contribution >= 0.6 is 0 Å². The Morgan fingerprint density at radius 1 is 1.53 bits per heavy atom. The molecule has 0 aromatic carbocycles. The first-order valence-electron chi connectivity index (χ1n) is 6.74. The highest BCUT2D eigenvalue weighted by atomic mass is 16.1. The Balaban J connectivity index is 2.08. The third-order valence-electron chi connectivity index (χ3n) is 3.60. The maximum absolute atomic E-state index is 11.6. The number of nitrogens with zero attached hydrogens (tertiary/aromatic N) is 2. The van der Waals surface area contributed by atoms with Gasteiger partial charge >= 0.3 is 0 Å². The van der Waals surface area contributed by atoms with Crippen molar-refractivity contribution >= 4 is 5.91 Å². The predicted molar refractivity (Wildman–Crippen MR) is 72.4 cm³/mol. The largest absolute Gasteiger partial charge is 0.344 e. The molecule has 1 aliphatic rings. The molecule has 0 bridgehead atoms. The summed E-state index contributed by atoms with van der Waals surface area (Å²) in [5.74, 6) is -0.118. The van der Waals surface area contributed by atoms with Crippen LogP contribution in [0.2, 0.25) is 0 Å². The number of rotatable bonds is 4. The fourth-order valence-electron chi connectivity index (χ4n) is 2.67. The fourth-order valence-corrected chi connectivity index (χ4v) is 2.67. The van der Waals surface area contributed by atoms with Crippen LogP contribution in [0.1, 0.15) is 36.4 Å². The Bertz CT molecular complexity index is 486. The monoisotopic (exact) mass is 260 g/mol. The van der Waals surface area contributed by atoms with Crippen molar-refractivity contribution in [3.05, 3.63) is 23.5 Å². The summed E-state index contributed by atoms with van der Waals surface area (Å²) in [6.45, 7) is 0.351. The highest BCUT2D eigenvalue weighted by Crippen LogP contribution is 2.29. The van der Waals surface area contributed by atoms with Gasteiger partial charge in [0.2, 0.25) is 5.91 Å². The van der Waals surface area contributed by atoms with Crippen LogP contribution in [0.5, 0.6) is 0 Å². The standard InChI is InChI=1S/C14H20N4O/c1-16-13-5-3-2-4-11-8-18(9-12(11)13)10-14(19)17-7-6-15/h8-9,13,16H,2-5,7,10H2,1H3,(H,17,19). The first-order chi connectivity index (χ1) is 9.24. The van der Waals surface area contributed by atoms with Gasteiger partial charge in [0, 0.05) is 18.4 Å². The molecule has 1 amide bonds. The van der Waals surface area contributed by atoms with Crippen molar-refractivity contribution in [1.82, 2.24) is 15.2 Å². The molecule has 0 saturated heterocycles. The Hall–Kier alpha value is -1.80. The number of nitriles is 1. The van der Waals surface area contributed by atoms with Crippen LogP contribution in [-0.2, 0) is 17.8 Å². The maximum Gasteiger partial charge on any atom is 0.240 e. The number of fused-ring (bicyclic) bond motifs is 1. The van der Waals surface area contributed by atoms with Crippen molar-refractivity contribution in [2.24, 2.45) is 0 Å². The normalized spacial score (nSPS) is 18.2. The molecule has 0 radical (unpaired) electrons. The van der Waals surface area contributed by atoms with Crippen LogP contribution in [0.15, 0.2) is 12.4 Å². The second-order valence-electron chi connectivity index (χ2n) is 4.93. The van der Waals surface area contributed by atoms with E-state index in [9.17, 15) is 4.79 Å². The molecule has 19 heavy (non-hydrogen) atoms. The van der Waals surface area contributed by atoms with Gasteiger partial charge in [-0.3, -0.25) is 4.79 Å². The summed E-state index contributed by atoms with van der Waals surface area (Å²) in [4.78, 5) is 11.6. The zero-order valence-corrected chi connectivity index (χ0v) is 11.3. The first-order valence-corrected chi connectivity index (χ1v) is 6.74. The highest BCUT2D eigenvalue weighted by molar-refractivity contribution is 5.76. The number of aryl methyl sites for hydroxylation is 1. The van der Waals surface area contributed by atoms with E-state index in [1.165, 1.54) is 24.0 Å². The van der Waals surface area contributed by atoms with Crippen molar-refractivity contribution in [3.8, 4) is 6.07 Å². The molecule has 5 nitrogen and oxygen atoms in total. The lowest BCUT2D eigenvalue weighted by Gasteiger charge is -2.13. The zero-order chi connectivity index (χ0) is 13.7. The van der Waals surface area contributed by atoms with Crippen molar-refractivity contribution in [2.45, 2.75) is 38.3 Å². The summed E-state index contributed by atoms with van der Waals surface area (Å²) in [7, 11) is 1.98. The minimum atomic E-state index is -0.118. The van der Waals surface area contributed by atoms with E-state index in [2.05, 4.69) is 23.0 Å². The molecule has 1 aromatic heterocycles. The van der Waals surface area contributed by atoms with Gasteiger partial charge in [-0.15, -0.1) is 0 Å². The number of aromatic nitrogens is 1. The van der Waals surface area contributed by atoms with Crippen molar-refractivity contribution < 1.29 is 4.79 Å². The van der Waals surface area contributed by atoms with E-state index in [0.717, 1.165) is 12.8 Å². The third kappa shape index (κ3) is 3.36. The van der Waals surface area contributed by atoms with Gasteiger partial charge in [-0.1, -0.05) is 6.42 Å². The smallest absolute Gasteiger partial charge is 0.240 e. The third-order valence-corrected chi connectivity index (χ3v) is 3.60. The molecule has 1 aromatic rings. The molecule has 2 rings (SSSR count). The summed E-state index contributed by atoms with van der Waals surface area (Å²) >= 11 is 0. The van der Waals surface area contributed by atoms with E-state index in [-0.39, 0.29) is 19.0 Å². The van der Waals surface area contributed by atoms with E-state index < -0.39 is 0 Å². The number of hydrogen-bond donors (Lipinski definition) is 2. The van der Waals surface area contributed by atoms with Crippen molar-refractivity contribution in [3.63, 3.8) is 0 Å². The lowest BCUT2D eigenvalue weighted by Crippen LogP contribution is -2.27. The topological polar surface area (TPSA) is 69.8 Å². The van der Waals surface area contributed by atoms with Crippen LogP contribution < -0.4 is 10.6 Å². The van der Waals surface area contributed by atoms with Gasteiger partial charge in [0.1, 0.15) is 13.1 Å². The van der Waals surface area contributed by atoms with Crippen LogP contribution in [0.3, 0.4) is 0 Å². The molecule has 1 aliphatic carbocycles. The van der Waals surface area contributed by atoms with Gasteiger partial charge in [-0.2, -0.15) is 5.26 Å². The van der Waals surface area contributed by atoms with Gasteiger partial charge in [0.15, 0.2) is 0 Å². The Morgan fingerprint density at radius 3 is 3.11 bits per heavy atom. The van der Waals surface area contributed by atoms with Crippen molar-refractivity contribution in [1.29, 1.82) is 5.26 Å². The molecule has 1 atom stereocenters. The SMILES string of the molecule is CNC1CCCCc2cn(CC(=O)NCC#N)cc21. The first kappa shape index (κ1) is 13.6. The molecule has 5 heteroatoms. The predicted octanol–water partition coefficient (Wildman–Crippen LogP) is 1.11. The Labute approximate surface area is 113 Å². The minimum Gasteiger partial charge on any atom is -0.344 e. The van der Waals surface area contributed by atoms with E-state index in [4.69, 9.17) is 5.26 Å². The van der Waals surface area contributed by atoms with Crippen molar-refractivity contribution in [2.75, 3.05) is 13.6 Å². The molecule has 1 heterocycles. The molecule has 0 spiro atoms. The van der Waals surface area contributed by atoms with Crippen LogP contribution in [0.4, 0.5) is 0 Å². The molecular formula is C14H20N4O. The summed E-state index contributed by atoms with van der Waals surface area (Å²) in [5, 5.41) is 14.3. The van der Waals surface area contributed by atoms with E-state index in [1.54, 1.807) is 0 Å². The minimum absolute atomic E-state index is 0.0684.